The van der Waals surface area contributed by atoms with Gasteiger partial charge in [-0.05, 0) is 51.0 Å². The van der Waals surface area contributed by atoms with E-state index in [2.05, 4.69) is 14.8 Å². The first kappa shape index (κ1) is 15.5. The number of aromatic nitrogens is 1. The van der Waals surface area contributed by atoms with Crippen LogP contribution in [0.4, 0.5) is 5.82 Å². The summed E-state index contributed by atoms with van der Waals surface area (Å²) in [6.45, 7) is 6.30. The van der Waals surface area contributed by atoms with Crippen LogP contribution in [-0.2, 0) is 0 Å². The van der Waals surface area contributed by atoms with E-state index in [4.69, 9.17) is 17.3 Å². The van der Waals surface area contributed by atoms with Gasteiger partial charge >= 0.3 is 0 Å². The van der Waals surface area contributed by atoms with Gasteiger partial charge in [0.15, 0.2) is 0 Å². The van der Waals surface area contributed by atoms with Crippen LogP contribution in [0.3, 0.4) is 0 Å². The van der Waals surface area contributed by atoms with Gasteiger partial charge in [-0.3, -0.25) is 0 Å². The van der Waals surface area contributed by atoms with Crippen LogP contribution in [0.25, 0.3) is 0 Å². The fourth-order valence-electron chi connectivity index (χ4n) is 2.67. The Hall–Kier alpha value is -0.840. The number of hydrogen-bond donors (Lipinski definition) is 1. The lowest BCUT2D eigenvalue weighted by Crippen LogP contribution is -2.31. The van der Waals surface area contributed by atoms with E-state index in [9.17, 15) is 0 Å². The molecule has 0 atom stereocenters. The number of pyridine rings is 1. The molecule has 2 heterocycles. The molecule has 0 unspecified atom stereocenters. The molecular formula is C15H25ClN4. The van der Waals surface area contributed by atoms with Gasteiger partial charge in [0.1, 0.15) is 5.82 Å². The van der Waals surface area contributed by atoms with Crippen LogP contribution in [0.5, 0.6) is 0 Å². The largest absolute Gasteiger partial charge is 0.354 e. The predicted octanol–water partition coefficient (Wildman–Crippen LogP) is 2.38. The van der Waals surface area contributed by atoms with E-state index >= 15 is 0 Å². The minimum atomic E-state index is 0.754. The molecule has 112 valence electrons. The predicted molar refractivity (Wildman–Crippen MR) is 85.4 cm³/mol. The highest BCUT2D eigenvalue weighted by Gasteiger charge is 2.17. The van der Waals surface area contributed by atoms with E-state index in [1.54, 1.807) is 0 Å². The molecule has 2 N–H and O–H groups in total. The van der Waals surface area contributed by atoms with Crippen molar-refractivity contribution in [3.05, 3.63) is 23.4 Å². The topological polar surface area (TPSA) is 45.4 Å². The third-order valence-corrected chi connectivity index (χ3v) is 4.10. The van der Waals surface area contributed by atoms with E-state index in [-0.39, 0.29) is 0 Å². The summed E-state index contributed by atoms with van der Waals surface area (Å²) in [5, 5.41) is 0.754. The van der Waals surface area contributed by atoms with Crippen LogP contribution in [-0.4, -0.2) is 49.2 Å². The van der Waals surface area contributed by atoms with Gasteiger partial charge in [-0.15, -0.1) is 0 Å². The summed E-state index contributed by atoms with van der Waals surface area (Å²) < 4.78 is 0. The first-order valence-corrected chi connectivity index (χ1v) is 7.97. The third kappa shape index (κ3) is 4.62. The van der Waals surface area contributed by atoms with Gasteiger partial charge in [0.05, 0.1) is 5.02 Å². The molecule has 20 heavy (non-hydrogen) atoms. The number of nitrogens with two attached hydrogens (primary N) is 1. The Balaban J connectivity index is 1.82. The van der Waals surface area contributed by atoms with Crippen LogP contribution < -0.4 is 10.6 Å². The van der Waals surface area contributed by atoms with E-state index in [0.717, 1.165) is 43.4 Å². The van der Waals surface area contributed by atoms with E-state index in [1.807, 2.05) is 18.3 Å². The summed E-state index contributed by atoms with van der Waals surface area (Å²) in [7, 11) is 0. The Bertz CT molecular complexity index is 399. The van der Waals surface area contributed by atoms with Gasteiger partial charge in [-0.1, -0.05) is 18.0 Å². The maximum atomic E-state index is 6.24. The van der Waals surface area contributed by atoms with Crippen molar-refractivity contribution in [1.82, 2.24) is 9.88 Å². The second-order valence-corrected chi connectivity index (χ2v) is 5.75. The first-order chi connectivity index (χ1) is 9.81. The molecule has 1 aromatic rings. The summed E-state index contributed by atoms with van der Waals surface area (Å²) in [5.41, 5.74) is 5.53. The minimum absolute atomic E-state index is 0.754. The molecule has 1 saturated heterocycles. The fourth-order valence-corrected chi connectivity index (χ4v) is 2.91. The molecule has 1 aliphatic rings. The Morgan fingerprint density at radius 3 is 2.85 bits per heavy atom. The second kappa shape index (κ2) is 8.45. The molecule has 0 aromatic carbocycles. The van der Waals surface area contributed by atoms with E-state index in [1.165, 1.54) is 32.4 Å². The number of hydrogen-bond acceptors (Lipinski definition) is 4. The van der Waals surface area contributed by atoms with Crippen LogP contribution >= 0.6 is 11.6 Å². The lowest BCUT2D eigenvalue weighted by molar-refractivity contribution is 0.286. The number of halogens is 1. The van der Waals surface area contributed by atoms with Crippen molar-refractivity contribution < 1.29 is 0 Å². The lowest BCUT2D eigenvalue weighted by Gasteiger charge is -2.23. The van der Waals surface area contributed by atoms with Crippen LogP contribution in [0.2, 0.25) is 5.02 Å². The SMILES string of the molecule is NCCCCCN1CCCN(c2ncccc2Cl)CC1. The molecule has 0 aliphatic carbocycles. The van der Waals surface area contributed by atoms with Gasteiger partial charge < -0.3 is 15.5 Å². The van der Waals surface area contributed by atoms with Crippen molar-refractivity contribution in [2.75, 3.05) is 44.2 Å². The van der Waals surface area contributed by atoms with Crippen molar-refractivity contribution in [1.29, 1.82) is 0 Å². The Labute approximate surface area is 126 Å². The van der Waals surface area contributed by atoms with Crippen molar-refractivity contribution in [3.63, 3.8) is 0 Å². The Kier molecular flexibility index (Phi) is 6.57. The van der Waals surface area contributed by atoms with Gasteiger partial charge in [-0.25, -0.2) is 4.98 Å². The summed E-state index contributed by atoms with van der Waals surface area (Å²) in [6, 6.07) is 3.80. The zero-order valence-corrected chi connectivity index (χ0v) is 12.9. The molecule has 0 bridgehead atoms. The highest BCUT2D eigenvalue weighted by Crippen LogP contribution is 2.23. The summed E-state index contributed by atoms with van der Waals surface area (Å²) in [4.78, 5) is 9.27. The third-order valence-electron chi connectivity index (χ3n) is 3.81. The van der Waals surface area contributed by atoms with Gasteiger partial charge in [0.25, 0.3) is 0 Å². The molecule has 4 nitrogen and oxygen atoms in total. The van der Waals surface area contributed by atoms with Gasteiger partial charge in [0, 0.05) is 25.8 Å². The van der Waals surface area contributed by atoms with E-state index in [0.29, 0.717) is 0 Å². The second-order valence-electron chi connectivity index (χ2n) is 5.34. The van der Waals surface area contributed by atoms with Crippen molar-refractivity contribution in [2.24, 2.45) is 5.73 Å². The van der Waals surface area contributed by atoms with Crippen molar-refractivity contribution >= 4 is 17.4 Å². The monoisotopic (exact) mass is 296 g/mol. The standard InChI is InChI=1S/C15H25ClN4/c16-14-6-4-8-18-15(14)20-11-5-10-19(12-13-20)9-3-1-2-7-17/h4,6,8H,1-3,5,7,9-13,17H2. The van der Waals surface area contributed by atoms with Crippen molar-refractivity contribution in [2.45, 2.75) is 25.7 Å². The van der Waals surface area contributed by atoms with E-state index < -0.39 is 0 Å². The molecular weight excluding hydrogens is 272 g/mol. The lowest BCUT2D eigenvalue weighted by atomic mass is 10.2. The molecule has 0 spiro atoms. The quantitative estimate of drug-likeness (QED) is 0.819. The molecule has 1 aliphatic heterocycles. The summed E-state index contributed by atoms with van der Waals surface area (Å²) in [5.74, 6) is 0.930. The fraction of sp³-hybridized carbons (Fsp3) is 0.667. The average molecular weight is 297 g/mol. The van der Waals surface area contributed by atoms with Crippen LogP contribution in [0, 0.1) is 0 Å². The Morgan fingerprint density at radius 2 is 2.05 bits per heavy atom. The molecule has 0 radical (unpaired) electrons. The summed E-state index contributed by atoms with van der Waals surface area (Å²) in [6.07, 6.45) is 6.62. The van der Waals surface area contributed by atoms with Crippen LogP contribution in [0.15, 0.2) is 18.3 Å². The van der Waals surface area contributed by atoms with Gasteiger partial charge in [0.2, 0.25) is 0 Å². The maximum absolute atomic E-state index is 6.24. The normalized spacial score (nSPS) is 17.2. The number of rotatable bonds is 6. The summed E-state index contributed by atoms with van der Waals surface area (Å²) >= 11 is 6.24. The maximum Gasteiger partial charge on any atom is 0.147 e. The molecule has 1 aromatic heterocycles. The van der Waals surface area contributed by atoms with Gasteiger partial charge in [-0.2, -0.15) is 0 Å². The number of anilines is 1. The number of unbranched alkanes of at least 4 members (excludes halogenated alkanes) is 2. The molecule has 0 amide bonds. The minimum Gasteiger partial charge on any atom is -0.354 e. The highest BCUT2D eigenvalue weighted by molar-refractivity contribution is 6.32. The molecule has 1 fully saturated rings. The molecule has 0 saturated carbocycles. The highest BCUT2D eigenvalue weighted by atomic mass is 35.5. The zero-order valence-electron chi connectivity index (χ0n) is 12.1. The number of nitrogens with zero attached hydrogens (tertiary/aromatic N) is 3. The average Bonchev–Trinajstić information content (AvgIpc) is 2.70. The smallest absolute Gasteiger partial charge is 0.147 e. The van der Waals surface area contributed by atoms with Crippen LogP contribution in [0.1, 0.15) is 25.7 Å². The molecule has 2 rings (SSSR count). The van der Waals surface area contributed by atoms with Crippen molar-refractivity contribution in [3.8, 4) is 0 Å². The first-order valence-electron chi connectivity index (χ1n) is 7.59. The zero-order chi connectivity index (χ0) is 14.2. The Morgan fingerprint density at radius 1 is 1.15 bits per heavy atom. The molecule has 5 heteroatoms.